The van der Waals surface area contributed by atoms with Crippen molar-refractivity contribution in [2.75, 3.05) is 24.7 Å². The van der Waals surface area contributed by atoms with Gasteiger partial charge < -0.3 is 15.1 Å². The van der Waals surface area contributed by atoms with Gasteiger partial charge in [-0.15, -0.1) is 0 Å². The molecule has 1 saturated carbocycles. The van der Waals surface area contributed by atoms with Crippen LogP contribution in [0.1, 0.15) is 45.1 Å². The number of hydrogen-bond donors (Lipinski definition) is 1. The summed E-state index contributed by atoms with van der Waals surface area (Å²) in [6, 6.07) is 12.9. The largest absolute Gasteiger partial charge is 0.418 e. The summed E-state index contributed by atoms with van der Waals surface area (Å²) in [6.45, 7) is 4.57. The standard InChI is InChI=1S/C28H36F3N3O3S/c1-19(2)33(3)21-13-14-26(20(17-21)18-38(36,37)22-9-5-4-6-10-22)34-16-15-25(27(34)35)32-24-12-8-7-11-23(24)28(29,30)31/h4-12,19-21,25-26,32H,13-18H2,1-3H3. The number of likely N-dealkylation sites (tertiary alicyclic amines) is 1. The molecule has 1 N–H and O–H groups in total. The van der Waals surface area contributed by atoms with Crippen LogP contribution >= 0.6 is 0 Å². The molecule has 38 heavy (non-hydrogen) atoms. The van der Waals surface area contributed by atoms with Gasteiger partial charge in [0, 0.05) is 30.4 Å². The third kappa shape index (κ3) is 6.17. The van der Waals surface area contributed by atoms with E-state index in [9.17, 15) is 26.4 Å². The Labute approximate surface area is 223 Å². The molecule has 2 aromatic rings. The average molecular weight is 552 g/mol. The van der Waals surface area contributed by atoms with Crippen molar-refractivity contribution >= 4 is 21.4 Å². The van der Waals surface area contributed by atoms with Crippen molar-refractivity contribution in [2.24, 2.45) is 5.92 Å². The van der Waals surface area contributed by atoms with E-state index in [0.717, 1.165) is 12.5 Å². The normalized spacial score (nSPS) is 24.8. The molecule has 1 aliphatic carbocycles. The van der Waals surface area contributed by atoms with Gasteiger partial charge in [-0.05, 0) is 76.8 Å². The van der Waals surface area contributed by atoms with Gasteiger partial charge in [0.05, 0.1) is 16.2 Å². The number of hydrogen-bond acceptors (Lipinski definition) is 5. The van der Waals surface area contributed by atoms with Crippen molar-refractivity contribution in [3.63, 3.8) is 0 Å². The van der Waals surface area contributed by atoms with Crippen LogP contribution in [0.15, 0.2) is 59.5 Å². The van der Waals surface area contributed by atoms with Crippen LogP contribution in [-0.2, 0) is 20.8 Å². The summed E-state index contributed by atoms with van der Waals surface area (Å²) in [4.78, 5) is 17.7. The van der Waals surface area contributed by atoms with E-state index < -0.39 is 27.6 Å². The quantitative estimate of drug-likeness (QED) is 0.496. The van der Waals surface area contributed by atoms with Gasteiger partial charge in [0.15, 0.2) is 9.84 Å². The van der Waals surface area contributed by atoms with E-state index in [1.54, 1.807) is 35.2 Å². The maximum Gasteiger partial charge on any atom is 0.418 e. The molecule has 1 amide bonds. The van der Waals surface area contributed by atoms with Crippen LogP contribution in [0.25, 0.3) is 0 Å². The highest BCUT2D eigenvalue weighted by atomic mass is 32.2. The third-order valence-corrected chi connectivity index (χ3v) is 9.90. The van der Waals surface area contributed by atoms with Gasteiger partial charge in [-0.3, -0.25) is 4.79 Å². The van der Waals surface area contributed by atoms with Crippen molar-refractivity contribution in [1.82, 2.24) is 9.80 Å². The predicted octanol–water partition coefficient (Wildman–Crippen LogP) is 5.07. The van der Waals surface area contributed by atoms with Crippen LogP contribution < -0.4 is 5.32 Å². The fourth-order valence-electron chi connectivity index (χ4n) is 5.82. The zero-order valence-corrected chi connectivity index (χ0v) is 22.8. The molecule has 0 spiro atoms. The van der Waals surface area contributed by atoms with Crippen LogP contribution in [0.2, 0.25) is 0 Å². The lowest BCUT2D eigenvalue weighted by Crippen LogP contribution is -2.52. The summed E-state index contributed by atoms with van der Waals surface area (Å²) in [5, 5.41) is 2.83. The van der Waals surface area contributed by atoms with Crippen molar-refractivity contribution < 1.29 is 26.4 Å². The number of anilines is 1. The highest BCUT2D eigenvalue weighted by Gasteiger charge is 2.44. The molecule has 1 heterocycles. The number of amides is 1. The number of halogens is 3. The number of carbonyl (C=O) groups is 1. The fraction of sp³-hybridized carbons (Fsp3) is 0.536. The van der Waals surface area contributed by atoms with Gasteiger partial charge in [-0.2, -0.15) is 13.2 Å². The number of sulfone groups is 1. The summed E-state index contributed by atoms with van der Waals surface area (Å²) in [6.07, 6.45) is -2.09. The summed E-state index contributed by atoms with van der Waals surface area (Å²) >= 11 is 0. The number of carbonyl (C=O) groups excluding carboxylic acids is 1. The summed E-state index contributed by atoms with van der Waals surface area (Å²) in [5.74, 6) is -0.641. The number of para-hydroxylation sites is 1. The minimum atomic E-state index is -4.54. The molecule has 4 rings (SSSR count). The molecule has 4 atom stereocenters. The Kier molecular flexibility index (Phi) is 8.42. The summed E-state index contributed by atoms with van der Waals surface area (Å²) in [7, 11) is -1.55. The Morgan fingerprint density at radius 1 is 1.03 bits per heavy atom. The molecule has 208 valence electrons. The molecular weight excluding hydrogens is 515 g/mol. The molecule has 2 fully saturated rings. The highest BCUT2D eigenvalue weighted by Crippen LogP contribution is 2.38. The Morgan fingerprint density at radius 3 is 2.34 bits per heavy atom. The van der Waals surface area contributed by atoms with Crippen LogP contribution in [-0.4, -0.2) is 67.6 Å². The van der Waals surface area contributed by atoms with Gasteiger partial charge in [-0.25, -0.2) is 8.42 Å². The van der Waals surface area contributed by atoms with Crippen molar-refractivity contribution in [2.45, 2.75) is 74.8 Å². The second-order valence-corrected chi connectivity index (χ2v) is 12.7. The Bertz CT molecular complexity index is 1220. The molecule has 6 nitrogen and oxygen atoms in total. The van der Waals surface area contributed by atoms with Crippen LogP contribution in [0.5, 0.6) is 0 Å². The van der Waals surface area contributed by atoms with Gasteiger partial charge in [-0.1, -0.05) is 30.3 Å². The number of nitrogens with one attached hydrogen (secondary N) is 1. The second-order valence-electron chi connectivity index (χ2n) is 10.7. The monoisotopic (exact) mass is 551 g/mol. The topological polar surface area (TPSA) is 69.7 Å². The van der Waals surface area contributed by atoms with E-state index in [-0.39, 0.29) is 40.2 Å². The zero-order valence-electron chi connectivity index (χ0n) is 22.0. The van der Waals surface area contributed by atoms with E-state index >= 15 is 0 Å². The van der Waals surface area contributed by atoms with E-state index in [4.69, 9.17) is 0 Å². The molecule has 1 saturated heterocycles. The molecule has 0 aromatic heterocycles. The Hall–Kier alpha value is -2.59. The van der Waals surface area contributed by atoms with Crippen molar-refractivity contribution in [3.05, 3.63) is 60.2 Å². The van der Waals surface area contributed by atoms with Gasteiger partial charge in [0.2, 0.25) is 5.91 Å². The highest BCUT2D eigenvalue weighted by molar-refractivity contribution is 7.91. The maximum absolute atomic E-state index is 13.5. The first-order valence-corrected chi connectivity index (χ1v) is 14.8. The van der Waals surface area contributed by atoms with E-state index in [1.165, 1.54) is 18.2 Å². The van der Waals surface area contributed by atoms with E-state index in [0.29, 0.717) is 31.8 Å². The van der Waals surface area contributed by atoms with E-state index in [1.807, 2.05) is 7.05 Å². The molecule has 0 radical (unpaired) electrons. The molecular formula is C28H36F3N3O3S. The minimum Gasteiger partial charge on any atom is -0.373 e. The van der Waals surface area contributed by atoms with Crippen LogP contribution in [0.3, 0.4) is 0 Å². The average Bonchev–Trinajstić information content (AvgIpc) is 3.23. The molecule has 10 heteroatoms. The molecule has 4 unspecified atom stereocenters. The first-order chi connectivity index (χ1) is 17.9. The molecule has 2 aromatic carbocycles. The van der Waals surface area contributed by atoms with Gasteiger partial charge in [0.25, 0.3) is 0 Å². The summed E-state index contributed by atoms with van der Waals surface area (Å²) < 4.78 is 67.2. The fourth-order valence-corrected chi connectivity index (χ4v) is 7.51. The number of alkyl halides is 3. The summed E-state index contributed by atoms with van der Waals surface area (Å²) in [5.41, 5.74) is -0.930. The Morgan fingerprint density at radius 2 is 1.68 bits per heavy atom. The first-order valence-electron chi connectivity index (χ1n) is 13.1. The molecule has 2 aliphatic rings. The van der Waals surface area contributed by atoms with Gasteiger partial charge >= 0.3 is 6.18 Å². The molecule has 0 bridgehead atoms. The number of benzene rings is 2. The first kappa shape index (κ1) is 28.4. The maximum atomic E-state index is 13.5. The lowest BCUT2D eigenvalue weighted by molar-refractivity contribution is -0.137. The lowest BCUT2D eigenvalue weighted by atomic mass is 9.81. The smallest absolute Gasteiger partial charge is 0.373 e. The van der Waals surface area contributed by atoms with Crippen LogP contribution in [0, 0.1) is 5.92 Å². The predicted molar refractivity (Wildman–Crippen MR) is 141 cm³/mol. The van der Waals surface area contributed by atoms with Crippen LogP contribution in [0.4, 0.5) is 18.9 Å². The van der Waals surface area contributed by atoms with E-state index in [2.05, 4.69) is 24.1 Å². The SMILES string of the molecule is CC(C)N(C)C1CCC(N2CCC(Nc3ccccc3C(F)(F)F)C2=O)C(CS(=O)(=O)c2ccccc2)C1. The minimum absolute atomic E-state index is 0.0805. The number of rotatable bonds is 8. The molecule has 1 aliphatic heterocycles. The zero-order chi connectivity index (χ0) is 27.7. The third-order valence-electron chi connectivity index (χ3n) is 8.04. The van der Waals surface area contributed by atoms with Crippen molar-refractivity contribution in [3.8, 4) is 0 Å². The number of nitrogens with zero attached hydrogens (tertiary/aromatic N) is 2. The van der Waals surface area contributed by atoms with Crippen molar-refractivity contribution in [1.29, 1.82) is 0 Å². The van der Waals surface area contributed by atoms with Gasteiger partial charge in [0.1, 0.15) is 6.04 Å². The lowest BCUT2D eigenvalue weighted by Gasteiger charge is -2.44. The Balaban J connectivity index is 1.56. The second kappa shape index (κ2) is 11.3.